The first-order chi connectivity index (χ1) is 7.47. The molecule has 0 aromatic carbocycles. The first-order valence-corrected chi connectivity index (χ1v) is 6.02. The highest BCUT2D eigenvalue weighted by atomic mass is 16.3. The monoisotopic (exact) mass is 224 g/mol. The van der Waals surface area contributed by atoms with Crippen molar-refractivity contribution < 1.29 is 4.42 Å². The Kier molecular flexibility index (Phi) is 5.03. The molecule has 16 heavy (non-hydrogen) atoms. The Morgan fingerprint density at radius 3 is 2.62 bits per heavy atom. The van der Waals surface area contributed by atoms with Crippen LogP contribution in [0.4, 0.5) is 0 Å². The summed E-state index contributed by atoms with van der Waals surface area (Å²) < 4.78 is 5.48. The number of hydrogen-bond acceptors (Lipinski definition) is 3. The zero-order chi connectivity index (χ0) is 12.0. The van der Waals surface area contributed by atoms with Gasteiger partial charge in [-0.15, -0.1) is 0 Å². The van der Waals surface area contributed by atoms with Crippen LogP contribution < -0.4 is 11.1 Å². The lowest BCUT2D eigenvalue weighted by atomic mass is 10.0. The molecule has 1 rings (SSSR count). The minimum Gasteiger partial charge on any atom is -0.466 e. The third kappa shape index (κ3) is 5.93. The Labute approximate surface area is 98.4 Å². The zero-order valence-corrected chi connectivity index (χ0v) is 10.7. The number of rotatable bonds is 7. The molecular formula is C13H24N2O. The minimum atomic E-state index is -0.0419. The quantitative estimate of drug-likeness (QED) is 0.698. The molecule has 0 unspecified atom stereocenters. The number of nitrogens with one attached hydrogen (secondary N) is 1. The van der Waals surface area contributed by atoms with Gasteiger partial charge in [0.2, 0.25) is 0 Å². The van der Waals surface area contributed by atoms with Crippen molar-refractivity contribution in [2.45, 2.75) is 45.6 Å². The third-order valence-corrected chi connectivity index (χ3v) is 2.52. The van der Waals surface area contributed by atoms with Gasteiger partial charge in [0, 0.05) is 18.5 Å². The fourth-order valence-electron chi connectivity index (χ4n) is 1.63. The fourth-order valence-corrected chi connectivity index (χ4v) is 1.63. The summed E-state index contributed by atoms with van der Waals surface area (Å²) in [4.78, 5) is 0. The summed E-state index contributed by atoms with van der Waals surface area (Å²) in [6.45, 7) is 8.11. The molecule has 0 fully saturated rings. The molecule has 1 aromatic rings. The van der Waals surface area contributed by atoms with Crippen LogP contribution >= 0.6 is 0 Å². The topological polar surface area (TPSA) is 51.2 Å². The molecule has 0 amide bonds. The number of furan rings is 1. The minimum absolute atomic E-state index is 0.0419. The molecule has 1 heterocycles. The predicted molar refractivity (Wildman–Crippen MR) is 67.5 cm³/mol. The van der Waals surface area contributed by atoms with E-state index in [0.29, 0.717) is 0 Å². The molecule has 0 radical (unpaired) electrons. The summed E-state index contributed by atoms with van der Waals surface area (Å²) in [6.07, 6.45) is 3.14. The van der Waals surface area contributed by atoms with Crippen molar-refractivity contribution in [2.24, 2.45) is 5.73 Å². The van der Waals surface area contributed by atoms with Crippen molar-refractivity contribution >= 4 is 0 Å². The van der Waals surface area contributed by atoms with Gasteiger partial charge in [0.05, 0.1) is 0 Å². The molecule has 0 aliphatic heterocycles. The normalized spacial score (nSPS) is 12.0. The van der Waals surface area contributed by atoms with E-state index in [1.807, 2.05) is 19.1 Å². The first kappa shape index (κ1) is 13.3. The van der Waals surface area contributed by atoms with E-state index in [9.17, 15) is 0 Å². The average molecular weight is 224 g/mol. The number of hydrogen-bond donors (Lipinski definition) is 2. The van der Waals surface area contributed by atoms with Crippen molar-refractivity contribution in [3.63, 3.8) is 0 Å². The molecule has 3 heteroatoms. The van der Waals surface area contributed by atoms with Crippen molar-refractivity contribution in [3.8, 4) is 0 Å². The van der Waals surface area contributed by atoms with Gasteiger partial charge in [-0.1, -0.05) is 0 Å². The van der Waals surface area contributed by atoms with E-state index >= 15 is 0 Å². The van der Waals surface area contributed by atoms with Gasteiger partial charge < -0.3 is 15.5 Å². The second kappa shape index (κ2) is 6.06. The highest BCUT2D eigenvalue weighted by Gasteiger charge is 2.08. The zero-order valence-electron chi connectivity index (χ0n) is 10.7. The van der Waals surface area contributed by atoms with E-state index in [-0.39, 0.29) is 5.54 Å². The third-order valence-electron chi connectivity index (χ3n) is 2.52. The highest BCUT2D eigenvalue weighted by Crippen LogP contribution is 2.07. The van der Waals surface area contributed by atoms with Crippen LogP contribution in [0.1, 0.15) is 38.2 Å². The average Bonchev–Trinajstić information content (AvgIpc) is 2.56. The van der Waals surface area contributed by atoms with Gasteiger partial charge >= 0.3 is 0 Å². The number of aryl methyl sites for hydroxylation is 1. The maximum Gasteiger partial charge on any atom is 0.105 e. The summed E-state index contributed by atoms with van der Waals surface area (Å²) in [6, 6.07) is 4.05. The molecule has 92 valence electrons. The summed E-state index contributed by atoms with van der Waals surface area (Å²) in [5.41, 5.74) is 5.86. The molecule has 0 aliphatic rings. The smallest absolute Gasteiger partial charge is 0.105 e. The second-order valence-electron chi connectivity index (χ2n) is 5.10. The predicted octanol–water partition coefficient (Wildman–Crippen LogP) is 2.24. The SMILES string of the molecule is Cc1ccc(CCNCCCC(C)(C)N)o1. The second-order valence-corrected chi connectivity index (χ2v) is 5.10. The first-order valence-electron chi connectivity index (χ1n) is 6.02. The lowest BCUT2D eigenvalue weighted by Crippen LogP contribution is -2.33. The molecule has 3 nitrogen and oxygen atoms in total. The van der Waals surface area contributed by atoms with E-state index in [2.05, 4.69) is 19.2 Å². The Morgan fingerprint density at radius 1 is 1.31 bits per heavy atom. The Bertz CT molecular complexity index is 299. The van der Waals surface area contributed by atoms with Gasteiger partial charge in [-0.05, 0) is 52.3 Å². The fraction of sp³-hybridized carbons (Fsp3) is 0.692. The summed E-state index contributed by atoms with van der Waals surface area (Å²) in [5.74, 6) is 2.05. The molecule has 0 spiro atoms. The van der Waals surface area contributed by atoms with Gasteiger partial charge in [0.25, 0.3) is 0 Å². The molecular weight excluding hydrogens is 200 g/mol. The van der Waals surface area contributed by atoms with E-state index in [4.69, 9.17) is 10.2 Å². The lowest BCUT2D eigenvalue weighted by molar-refractivity contribution is 0.442. The standard InChI is InChI=1S/C13H24N2O/c1-11-5-6-12(16-11)7-10-15-9-4-8-13(2,3)14/h5-6,15H,4,7-10,14H2,1-3H3. The summed E-state index contributed by atoms with van der Waals surface area (Å²) in [5, 5.41) is 3.40. The van der Waals surface area contributed by atoms with Crippen LogP contribution in [0.15, 0.2) is 16.5 Å². The van der Waals surface area contributed by atoms with Crippen LogP contribution in [0.2, 0.25) is 0 Å². The van der Waals surface area contributed by atoms with Crippen molar-refractivity contribution in [1.82, 2.24) is 5.32 Å². The maximum atomic E-state index is 5.90. The largest absolute Gasteiger partial charge is 0.466 e. The van der Waals surface area contributed by atoms with Gasteiger partial charge in [0.15, 0.2) is 0 Å². The Morgan fingerprint density at radius 2 is 2.06 bits per heavy atom. The number of nitrogens with two attached hydrogens (primary N) is 1. The lowest BCUT2D eigenvalue weighted by Gasteiger charge is -2.17. The van der Waals surface area contributed by atoms with Gasteiger partial charge in [-0.2, -0.15) is 0 Å². The van der Waals surface area contributed by atoms with Crippen molar-refractivity contribution in [2.75, 3.05) is 13.1 Å². The van der Waals surface area contributed by atoms with Gasteiger partial charge in [-0.25, -0.2) is 0 Å². The maximum absolute atomic E-state index is 5.90. The summed E-state index contributed by atoms with van der Waals surface area (Å²) >= 11 is 0. The molecule has 0 saturated carbocycles. The Hall–Kier alpha value is -0.800. The molecule has 0 aliphatic carbocycles. The van der Waals surface area contributed by atoms with Crippen LogP contribution in [-0.2, 0) is 6.42 Å². The molecule has 3 N–H and O–H groups in total. The summed E-state index contributed by atoms with van der Waals surface area (Å²) in [7, 11) is 0. The molecule has 0 saturated heterocycles. The van der Waals surface area contributed by atoms with Crippen molar-refractivity contribution in [3.05, 3.63) is 23.7 Å². The van der Waals surface area contributed by atoms with Crippen LogP contribution in [0, 0.1) is 6.92 Å². The van der Waals surface area contributed by atoms with Crippen LogP contribution in [0.25, 0.3) is 0 Å². The van der Waals surface area contributed by atoms with Crippen LogP contribution in [-0.4, -0.2) is 18.6 Å². The van der Waals surface area contributed by atoms with E-state index in [0.717, 1.165) is 43.9 Å². The van der Waals surface area contributed by atoms with Crippen LogP contribution in [0.5, 0.6) is 0 Å². The molecule has 0 bridgehead atoms. The Balaban J connectivity index is 2.00. The van der Waals surface area contributed by atoms with E-state index in [1.165, 1.54) is 0 Å². The van der Waals surface area contributed by atoms with Gasteiger partial charge in [-0.3, -0.25) is 0 Å². The van der Waals surface area contributed by atoms with Gasteiger partial charge in [0.1, 0.15) is 11.5 Å². The van der Waals surface area contributed by atoms with E-state index < -0.39 is 0 Å². The molecule has 0 atom stereocenters. The highest BCUT2D eigenvalue weighted by molar-refractivity contribution is 5.05. The van der Waals surface area contributed by atoms with Crippen molar-refractivity contribution in [1.29, 1.82) is 0 Å². The molecule has 1 aromatic heterocycles. The van der Waals surface area contributed by atoms with Crippen LogP contribution in [0.3, 0.4) is 0 Å². The van der Waals surface area contributed by atoms with E-state index in [1.54, 1.807) is 0 Å².